The third kappa shape index (κ3) is 2.36. The van der Waals surface area contributed by atoms with E-state index in [2.05, 4.69) is 5.32 Å². The fraction of sp³-hybridized carbons (Fsp3) is 0.364. The number of amides is 1. The van der Waals surface area contributed by atoms with E-state index in [0.717, 1.165) is 18.2 Å². The van der Waals surface area contributed by atoms with Crippen molar-refractivity contribution < 1.29 is 13.6 Å². The number of halogens is 2. The quantitative estimate of drug-likeness (QED) is 0.795. The van der Waals surface area contributed by atoms with Gasteiger partial charge in [0.2, 0.25) is 0 Å². The Bertz CT molecular complexity index is 396. The highest BCUT2D eigenvalue weighted by atomic mass is 19.1. The largest absolute Gasteiger partial charge is 0.349 e. The fourth-order valence-corrected chi connectivity index (χ4v) is 1.73. The Balaban J connectivity index is 2.03. The van der Waals surface area contributed by atoms with Crippen LogP contribution in [0.1, 0.15) is 23.2 Å². The molecule has 1 fully saturated rings. The maximum Gasteiger partial charge on any atom is 0.251 e. The summed E-state index contributed by atoms with van der Waals surface area (Å²) < 4.78 is 25.7. The zero-order valence-electron chi connectivity index (χ0n) is 8.54. The third-order valence-electron chi connectivity index (χ3n) is 2.63. The highest BCUT2D eigenvalue weighted by Gasteiger charge is 2.27. The van der Waals surface area contributed by atoms with Gasteiger partial charge in [-0.25, -0.2) is 8.78 Å². The number of carbonyl (C=O) groups is 1. The SMILES string of the molecule is NC1CC(NC(=O)c2cc(F)cc(F)c2)C1. The van der Waals surface area contributed by atoms with E-state index in [1.165, 1.54) is 0 Å². The van der Waals surface area contributed by atoms with Crippen LogP contribution in [0, 0.1) is 11.6 Å². The van der Waals surface area contributed by atoms with Gasteiger partial charge in [-0.2, -0.15) is 0 Å². The van der Waals surface area contributed by atoms with E-state index in [1.54, 1.807) is 0 Å². The molecule has 16 heavy (non-hydrogen) atoms. The molecule has 3 N–H and O–H groups in total. The summed E-state index contributed by atoms with van der Waals surface area (Å²) in [4.78, 5) is 11.6. The molecule has 0 spiro atoms. The van der Waals surface area contributed by atoms with E-state index in [1.807, 2.05) is 0 Å². The minimum atomic E-state index is -0.754. The predicted octanol–water partition coefficient (Wildman–Crippen LogP) is 1.18. The average molecular weight is 226 g/mol. The molecule has 2 rings (SSSR count). The van der Waals surface area contributed by atoms with Crippen molar-refractivity contribution in [3.8, 4) is 0 Å². The monoisotopic (exact) mass is 226 g/mol. The molecule has 1 aromatic rings. The molecule has 1 aliphatic rings. The molecule has 1 aliphatic carbocycles. The van der Waals surface area contributed by atoms with Crippen molar-refractivity contribution in [1.29, 1.82) is 0 Å². The number of hydrogen-bond acceptors (Lipinski definition) is 2. The summed E-state index contributed by atoms with van der Waals surface area (Å²) in [5.41, 5.74) is 5.56. The van der Waals surface area contributed by atoms with E-state index in [4.69, 9.17) is 5.73 Å². The molecule has 0 radical (unpaired) electrons. The number of carbonyl (C=O) groups excluding carboxylic acids is 1. The van der Waals surface area contributed by atoms with Crippen LogP contribution in [-0.2, 0) is 0 Å². The van der Waals surface area contributed by atoms with Gasteiger partial charge in [0.1, 0.15) is 11.6 Å². The number of nitrogens with two attached hydrogens (primary N) is 1. The first-order valence-electron chi connectivity index (χ1n) is 5.07. The van der Waals surface area contributed by atoms with Gasteiger partial charge in [0.15, 0.2) is 0 Å². The molecule has 0 bridgehead atoms. The summed E-state index contributed by atoms with van der Waals surface area (Å²) >= 11 is 0. The van der Waals surface area contributed by atoms with E-state index >= 15 is 0 Å². The topological polar surface area (TPSA) is 55.1 Å². The molecule has 3 nitrogen and oxygen atoms in total. The average Bonchev–Trinajstić information content (AvgIpc) is 2.13. The van der Waals surface area contributed by atoms with Crippen LogP contribution in [-0.4, -0.2) is 18.0 Å². The summed E-state index contributed by atoms with van der Waals surface area (Å²) in [5, 5.41) is 2.67. The smallest absolute Gasteiger partial charge is 0.251 e. The van der Waals surface area contributed by atoms with Crippen molar-refractivity contribution in [2.75, 3.05) is 0 Å². The Morgan fingerprint density at radius 3 is 2.31 bits per heavy atom. The van der Waals surface area contributed by atoms with Gasteiger partial charge in [-0.15, -0.1) is 0 Å². The molecule has 0 aromatic heterocycles. The number of hydrogen-bond donors (Lipinski definition) is 2. The standard InChI is InChI=1S/C11H12F2N2O/c12-7-1-6(2-8(13)3-7)11(16)15-10-4-9(14)5-10/h1-3,9-10H,4-5,14H2,(H,15,16). The lowest BCUT2D eigenvalue weighted by Crippen LogP contribution is -2.50. The molecule has 0 aliphatic heterocycles. The number of nitrogens with one attached hydrogen (secondary N) is 1. The van der Waals surface area contributed by atoms with Crippen LogP contribution in [0.15, 0.2) is 18.2 Å². The van der Waals surface area contributed by atoms with Gasteiger partial charge in [0.05, 0.1) is 0 Å². The molecule has 86 valence electrons. The fourth-order valence-electron chi connectivity index (χ4n) is 1.73. The Hall–Kier alpha value is -1.49. The van der Waals surface area contributed by atoms with E-state index in [0.29, 0.717) is 12.8 Å². The van der Waals surface area contributed by atoms with Gasteiger partial charge in [-0.05, 0) is 25.0 Å². The lowest BCUT2D eigenvalue weighted by molar-refractivity contribution is 0.0909. The zero-order valence-corrected chi connectivity index (χ0v) is 8.54. The molecule has 1 amide bonds. The Morgan fingerprint density at radius 2 is 1.81 bits per heavy atom. The summed E-state index contributed by atoms with van der Waals surface area (Å²) in [5.74, 6) is -1.97. The van der Waals surface area contributed by atoms with Gasteiger partial charge in [-0.1, -0.05) is 0 Å². The maximum absolute atomic E-state index is 12.8. The second kappa shape index (κ2) is 4.17. The van der Waals surface area contributed by atoms with Crippen LogP contribution in [0.3, 0.4) is 0 Å². The van der Waals surface area contributed by atoms with Crippen molar-refractivity contribution >= 4 is 5.91 Å². The lowest BCUT2D eigenvalue weighted by atomic mass is 9.87. The van der Waals surface area contributed by atoms with E-state index in [-0.39, 0.29) is 17.6 Å². The summed E-state index contributed by atoms with van der Waals surface area (Å²) in [6.07, 6.45) is 1.42. The van der Waals surface area contributed by atoms with Crippen LogP contribution in [0.4, 0.5) is 8.78 Å². The van der Waals surface area contributed by atoms with Gasteiger partial charge in [-0.3, -0.25) is 4.79 Å². The first-order chi connectivity index (χ1) is 7.54. The predicted molar refractivity (Wildman–Crippen MR) is 54.8 cm³/mol. The molecule has 0 saturated heterocycles. The first-order valence-corrected chi connectivity index (χ1v) is 5.07. The van der Waals surface area contributed by atoms with Gasteiger partial charge in [0, 0.05) is 23.7 Å². The molecule has 0 heterocycles. The first kappa shape index (κ1) is 11.0. The van der Waals surface area contributed by atoms with Gasteiger partial charge >= 0.3 is 0 Å². The second-order valence-electron chi connectivity index (χ2n) is 4.06. The summed E-state index contributed by atoms with van der Waals surface area (Å²) in [6.45, 7) is 0. The van der Waals surface area contributed by atoms with Crippen molar-refractivity contribution in [3.63, 3.8) is 0 Å². The minimum Gasteiger partial charge on any atom is -0.349 e. The highest BCUT2D eigenvalue weighted by Crippen LogP contribution is 2.18. The normalized spacial score (nSPS) is 23.7. The zero-order chi connectivity index (χ0) is 11.7. The Labute approximate surface area is 91.6 Å². The van der Waals surface area contributed by atoms with E-state index < -0.39 is 17.5 Å². The Kier molecular flexibility index (Phi) is 2.87. The van der Waals surface area contributed by atoms with Crippen LogP contribution in [0.25, 0.3) is 0 Å². The summed E-state index contributed by atoms with van der Waals surface area (Å²) in [6, 6.07) is 2.90. The molecule has 1 aromatic carbocycles. The Morgan fingerprint density at radius 1 is 1.25 bits per heavy atom. The van der Waals surface area contributed by atoms with Crippen LogP contribution >= 0.6 is 0 Å². The van der Waals surface area contributed by atoms with Crippen molar-refractivity contribution in [2.24, 2.45) is 5.73 Å². The second-order valence-corrected chi connectivity index (χ2v) is 4.06. The molecule has 5 heteroatoms. The van der Waals surface area contributed by atoms with Crippen LogP contribution < -0.4 is 11.1 Å². The molecule has 0 atom stereocenters. The number of rotatable bonds is 2. The van der Waals surface area contributed by atoms with Crippen molar-refractivity contribution in [1.82, 2.24) is 5.32 Å². The lowest BCUT2D eigenvalue weighted by Gasteiger charge is -2.32. The maximum atomic E-state index is 12.8. The minimum absolute atomic E-state index is 0.00188. The molecular formula is C11H12F2N2O. The molecule has 0 unspecified atom stereocenters. The van der Waals surface area contributed by atoms with Gasteiger partial charge < -0.3 is 11.1 Å². The van der Waals surface area contributed by atoms with E-state index in [9.17, 15) is 13.6 Å². The van der Waals surface area contributed by atoms with Crippen molar-refractivity contribution in [3.05, 3.63) is 35.4 Å². The van der Waals surface area contributed by atoms with Crippen LogP contribution in [0.5, 0.6) is 0 Å². The summed E-state index contributed by atoms with van der Waals surface area (Å²) in [7, 11) is 0. The molecule has 1 saturated carbocycles. The highest BCUT2D eigenvalue weighted by molar-refractivity contribution is 5.94. The molecular weight excluding hydrogens is 214 g/mol. The van der Waals surface area contributed by atoms with Gasteiger partial charge in [0.25, 0.3) is 5.91 Å². The number of benzene rings is 1. The van der Waals surface area contributed by atoms with Crippen LogP contribution in [0.2, 0.25) is 0 Å². The third-order valence-corrected chi connectivity index (χ3v) is 2.63. The van der Waals surface area contributed by atoms with Crippen molar-refractivity contribution in [2.45, 2.75) is 24.9 Å².